The fourth-order valence-electron chi connectivity index (χ4n) is 3.20. The van der Waals surface area contributed by atoms with Crippen molar-refractivity contribution in [3.63, 3.8) is 0 Å². The fourth-order valence-corrected chi connectivity index (χ4v) is 3.20. The Kier molecular flexibility index (Phi) is 8.99. The minimum Gasteiger partial charge on any atom is -0.443 e. The first-order chi connectivity index (χ1) is 15.4. The second kappa shape index (κ2) is 11.3. The lowest BCUT2D eigenvalue weighted by Crippen LogP contribution is -2.60. The fraction of sp³-hybridized carbons (Fsp3) is 0.684. The van der Waals surface area contributed by atoms with E-state index in [2.05, 4.69) is 0 Å². The molecule has 2 aliphatic heterocycles. The lowest BCUT2D eigenvalue weighted by molar-refractivity contribution is -0.168. The number of rotatable bonds is 9. The molecule has 0 radical (unpaired) electrons. The van der Waals surface area contributed by atoms with E-state index in [1.54, 1.807) is 16.7 Å². The Bertz CT molecular complexity index is 780. The van der Waals surface area contributed by atoms with Gasteiger partial charge in [0.1, 0.15) is 12.1 Å². The molecular weight excluding hydrogens is 440 g/mol. The molecule has 0 aromatic heterocycles. The first kappa shape index (κ1) is 26.3. The van der Waals surface area contributed by atoms with Gasteiger partial charge in [-0.25, -0.2) is 9.80 Å². The van der Waals surface area contributed by atoms with Crippen molar-refractivity contribution >= 4 is 35.6 Å². The average molecular weight is 470 g/mol. The van der Waals surface area contributed by atoms with E-state index in [1.807, 2.05) is 0 Å². The van der Waals surface area contributed by atoms with Gasteiger partial charge in [-0.2, -0.15) is 0 Å². The summed E-state index contributed by atoms with van der Waals surface area (Å²) in [6.45, 7) is 3.46. The summed E-state index contributed by atoms with van der Waals surface area (Å²) >= 11 is 0. The molecule has 0 spiro atoms. The highest BCUT2D eigenvalue weighted by Gasteiger charge is 2.37. The number of imide groups is 2. The van der Waals surface area contributed by atoms with E-state index >= 15 is 0 Å². The van der Waals surface area contributed by atoms with E-state index in [1.165, 1.54) is 13.8 Å². The van der Waals surface area contributed by atoms with Crippen molar-refractivity contribution < 1.29 is 38.2 Å². The van der Waals surface area contributed by atoms with Gasteiger partial charge >= 0.3 is 11.9 Å². The van der Waals surface area contributed by atoms with Crippen LogP contribution in [0.2, 0.25) is 0 Å². The maximum Gasteiger partial charge on any atom is 0.324 e. The van der Waals surface area contributed by atoms with Gasteiger partial charge in [-0.3, -0.25) is 38.6 Å². The van der Waals surface area contributed by atoms with Crippen LogP contribution in [0.4, 0.5) is 0 Å². The number of esters is 2. The molecule has 14 heteroatoms. The highest BCUT2D eigenvalue weighted by atomic mass is 16.6. The predicted molar refractivity (Wildman–Crippen MR) is 110 cm³/mol. The molecule has 2 rings (SSSR count). The number of hydrogen-bond donors (Lipinski definition) is 2. The molecule has 0 bridgehead atoms. The number of carbonyl (C=O) groups is 6. The zero-order valence-electron chi connectivity index (χ0n) is 18.9. The first-order valence-electron chi connectivity index (χ1n) is 10.4. The Morgan fingerprint density at radius 3 is 1.48 bits per heavy atom. The van der Waals surface area contributed by atoms with Crippen molar-refractivity contribution in [3.8, 4) is 0 Å². The Hall–Kier alpha value is -2.94. The van der Waals surface area contributed by atoms with E-state index in [0.717, 1.165) is 9.80 Å². The van der Waals surface area contributed by atoms with E-state index < -0.39 is 61.1 Å². The van der Waals surface area contributed by atoms with Crippen LogP contribution < -0.4 is 11.5 Å². The average Bonchev–Trinajstić information content (AvgIpc) is 2.71. The third-order valence-corrected chi connectivity index (χ3v) is 5.16. The minimum atomic E-state index is -0.876. The molecule has 0 saturated carbocycles. The lowest BCUT2D eigenvalue weighted by atomic mass is 10.2. The number of nitrogens with zero attached hydrogens (tertiary/aromatic N) is 4. The van der Waals surface area contributed by atoms with Crippen LogP contribution in [0.1, 0.15) is 20.8 Å². The summed E-state index contributed by atoms with van der Waals surface area (Å²) in [6, 6.07) is -2.09. The number of hydrogen-bond acceptors (Lipinski definition) is 12. The molecule has 2 heterocycles. The number of nitrogens with two attached hydrogens (primary N) is 2. The molecule has 3 atom stereocenters. The van der Waals surface area contributed by atoms with Gasteiger partial charge in [-0.1, -0.05) is 0 Å². The number of ether oxygens (including phenoxy) is 2. The summed E-state index contributed by atoms with van der Waals surface area (Å²) < 4.78 is 9.71. The van der Waals surface area contributed by atoms with Gasteiger partial charge in [0.2, 0.25) is 23.6 Å². The Balaban J connectivity index is 1.86. The molecule has 0 aromatic carbocycles. The summed E-state index contributed by atoms with van der Waals surface area (Å²) in [5.41, 5.74) is 10.8. The molecule has 2 aliphatic rings. The summed E-state index contributed by atoms with van der Waals surface area (Å²) in [5.74, 6) is -3.61. The maximum absolute atomic E-state index is 12.4. The van der Waals surface area contributed by atoms with Crippen molar-refractivity contribution in [1.82, 2.24) is 19.6 Å². The molecule has 4 amide bonds. The van der Waals surface area contributed by atoms with Crippen LogP contribution in [0.3, 0.4) is 0 Å². The smallest absolute Gasteiger partial charge is 0.324 e. The van der Waals surface area contributed by atoms with Crippen LogP contribution >= 0.6 is 0 Å². The second-order valence-corrected chi connectivity index (χ2v) is 8.12. The number of piperazine rings is 2. The molecule has 0 aliphatic carbocycles. The second-order valence-electron chi connectivity index (χ2n) is 8.12. The molecule has 14 nitrogen and oxygen atoms in total. The molecular formula is C19H30N6O8. The molecule has 0 aromatic rings. The largest absolute Gasteiger partial charge is 0.443 e. The van der Waals surface area contributed by atoms with E-state index in [4.69, 9.17) is 20.9 Å². The molecule has 2 fully saturated rings. The third-order valence-electron chi connectivity index (χ3n) is 5.16. The Labute approximate surface area is 190 Å². The highest BCUT2D eigenvalue weighted by Crippen LogP contribution is 2.13. The monoisotopic (exact) mass is 470 g/mol. The van der Waals surface area contributed by atoms with Crippen LogP contribution in [-0.2, 0) is 38.2 Å². The third kappa shape index (κ3) is 7.02. The number of amides is 4. The Morgan fingerprint density at radius 1 is 0.758 bits per heavy atom. The standard InChI is InChI=1S/C19H30N6O8/c1-11(23-7-16(28)25(17(29)8-23)10-33-19(31)13(3)21)4-22-5-14(26)24(15(27)6-22)9-32-18(30)12(2)20/h11-13H,4-10,20-21H2,1-3H3. The first-order valence-corrected chi connectivity index (χ1v) is 10.4. The number of carbonyl (C=O) groups excluding carboxylic acids is 6. The SMILES string of the molecule is CC(N)C(=O)OCN1C(=O)CN(CC(C)N2CC(=O)N(COC(=O)C(C)N)C(=O)C2)CC1=O. The van der Waals surface area contributed by atoms with Crippen molar-refractivity contribution in [1.29, 1.82) is 0 Å². The molecule has 4 N–H and O–H groups in total. The van der Waals surface area contributed by atoms with Crippen LogP contribution in [0.5, 0.6) is 0 Å². The van der Waals surface area contributed by atoms with Crippen molar-refractivity contribution in [2.45, 2.75) is 38.9 Å². The van der Waals surface area contributed by atoms with Crippen LogP contribution in [0.25, 0.3) is 0 Å². The van der Waals surface area contributed by atoms with Gasteiger partial charge in [0.15, 0.2) is 13.5 Å². The van der Waals surface area contributed by atoms with E-state index in [0.29, 0.717) is 0 Å². The quantitative estimate of drug-likeness (QED) is 0.250. The van der Waals surface area contributed by atoms with Crippen molar-refractivity contribution in [3.05, 3.63) is 0 Å². The van der Waals surface area contributed by atoms with Gasteiger partial charge < -0.3 is 20.9 Å². The summed E-state index contributed by atoms with van der Waals surface area (Å²) in [7, 11) is 0. The highest BCUT2D eigenvalue weighted by molar-refractivity contribution is 6.00. The summed E-state index contributed by atoms with van der Waals surface area (Å²) in [6.07, 6.45) is 0. The normalized spacial score (nSPS) is 21.1. The maximum atomic E-state index is 12.4. The van der Waals surface area contributed by atoms with Crippen LogP contribution in [0.15, 0.2) is 0 Å². The zero-order chi connectivity index (χ0) is 24.9. The van der Waals surface area contributed by atoms with Gasteiger partial charge in [0.25, 0.3) is 0 Å². The van der Waals surface area contributed by atoms with Gasteiger partial charge in [-0.05, 0) is 20.8 Å². The molecule has 3 unspecified atom stereocenters. The van der Waals surface area contributed by atoms with Gasteiger partial charge in [0, 0.05) is 12.6 Å². The van der Waals surface area contributed by atoms with Crippen LogP contribution in [0, 0.1) is 0 Å². The molecule has 184 valence electrons. The van der Waals surface area contributed by atoms with Gasteiger partial charge in [-0.15, -0.1) is 0 Å². The van der Waals surface area contributed by atoms with Crippen molar-refractivity contribution in [2.75, 3.05) is 46.2 Å². The van der Waals surface area contributed by atoms with Crippen LogP contribution in [-0.4, -0.2) is 119 Å². The van der Waals surface area contributed by atoms with E-state index in [9.17, 15) is 28.8 Å². The van der Waals surface area contributed by atoms with Crippen molar-refractivity contribution in [2.24, 2.45) is 11.5 Å². The lowest BCUT2D eigenvalue weighted by Gasteiger charge is -2.39. The Morgan fingerprint density at radius 2 is 1.12 bits per heavy atom. The molecule has 2 saturated heterocycles. The van der Waals surface area contributed by atoms with E-state index in [-0.39, 0.29) is 38.8 Å². The molecule has 33 heavy (non-hydrogen) atoms. The summed E-state index contributed by atoms with van der Waals surface area (Å²) in [5, 5.41) is 0. The summed E-state index contributed by atoms with van der Waals surface area (Å²) in [4.78, 5) is 77.3. The minimum absolute atomic E-state index is 0.0963. The zero-order valence-corrected chi connectivity index (χ0v) is 18.9. The predicted octanol–water partition coefficient (Wildman–Crippen LogP) is -3.59. The van der Waals surface area contributed by atoms with Gasteiger partial charge in [0.05, 0.1) is 26.2 Å². The topological polar surface area (TPSA) is 186 Å².